The van der Waals surface area contributed by atoms with Crippen LogP contribution in [0.5, 0.6) is 0 Å². The van der Waals surface area contributed by atoms with Gasteiger partial charge in [-0.05, 0) is 30.2 Å². The number of nitrogens with one attached hydrogen (secondary N) is 2. The number of hydrogen-bond donors (Lipinski definition) is 2. The number of halogens is 4. The fourth-order valence-corrected chi connectivity index (χ4v) is 2.39. The number of amides is 2. The monoisotopic (exact) mass is 356 g/mol. The summed E-state index contributed by atoms with van der Waals surface area (Å²) < 4.78 is 38.3. The molecule has 0 aliphatic rings. The van der Waals surface area contributed by atoms with Gasteiger partial charge in [-0.3, -0.25) is 0 Å². The van der Waals surface area contributed by atoms with Crippen LogP contribution in [0.1, 0.15) is 30.5 Å². The van der Waals surface area contributed by atoms with Crippen molar-refractivity contribution in [3.63, 3.8) is 0 Å². The Morgan fingerprint density at radius 2 is 1.83 bits per heavy atom. The van der Waals surface area contributed by atoms with Crippen LogP contribution in [0, 0.1) is 0 Å². The molecule has 0 aliphatic carbocycles. The van der Waals surface area contributed by atoms with Crippen molar-refractivity contribution in [3.8, 4) is 0 Å². The summed E-state index contributed by atoms with van der Waals surface area (Å²) in [5.41, 5.74) is -0.0607. The minimum absolute atomic E-state index is 0.0332. The highest BCUT2D eigenvalue weighted by Gasteiger charge is 2.31. The molecule has 2 rings (SSSR count). The van der Waals surface area contributed by atoms with Crippen LogP contribution in [-0.2, 0) is 6.18 Å². The second-order valence-electron chi connectivity index (χ2n) is 5.16. The van der Waals surface area contributed by atoms with Gasteiger partial charge >= 0.3 is 12.2 Å². The Hall–Kier alpha value is -2.21. The maximum atomic E-state index is 12.8. The predicted octanol–water partition coefficient (Wildman–Crippen LogP) is 5.63. The smallest absolute Gasteiger partial charge is 0.331 e. The Morgan fingerprint density at radius 3 is 2.42 bits per heavy atom. The number of carbonyl (C=O) groups is 1. The lowest BCUT2D eigenvalue weighted by atomic mass is 10.1. The van der Waals surface area contributed by atoms with Crippen LogP contribution < -0.4 is 10.6 Å². The van der Waals surface area contributed by atoms with Crippen LogP contribution in [0.25, 0.3) is 0 Å². The van der Waals surface area contributed by atoms with E-state index in [1.54, 1.807) is 0 Å². The van der Waals surface area contributed by atoms with Gasteiger partial charge in [-0.15, -0.1) is 0 Å². The van der Waals surface area contributed by atoms with E-state index in [2.05, 4.69) is 10.6 Å². The Bertz CT molecular complexity index is 705. The third-order valence-electron chi connectivity index (χ3n) is 3.46. The number of urea groups is 1. The molecule has 0 fully saturated rings. The van der Waals surface area contributed by atoms with E-state index in [0.29, 0.717) is 6.42 Å². The molecule has 7 heteroatoms. The van der Waals surface area contributed by atoms with Gasteiger partial charge < -0.3 is 10.6 Å². The molecule has 128 valence electrons. The quantitative estimate of drug-likeness (QED) is 0.732. The Kier molecular flexibility index (Phi) is 5.72. The van der Waals surface area contributed by atoms with E-state index in [9.17, 15) is 18.0 Å². The lowest BCUT2D eigenvalue weighted by Gasteiger charge is -2.18. The molecule has 0 aliphatic heterocycles. The molecule has 1 atom stereocenters. The molecule has 0 radical (unpaired) electrons. The van der Waals surface area contributed by atoms with Crippen LogP contribution in [0.15, 0.2) is 48.5 Å². The van der Waals surface area contributed by atoms with Gasteiger partial charge in [0.15, 0.2) is 0 Å². The van der Waals surface area contributed by atoms with E-state index in [1.165, 1.54) is 0 Å². The first-order valence-electron chi connectivity index (χ1n) is 7.30. The molecular formula is C17H16ClF3N2O. The summed E-state index contributed by atoms with van der Waals surface area (Å²) in [5.74, 6) is 0. The third kappa shape index (κ3) is 4.64. The molecule has 3 nitrogen and oxygen atoms in total. The van der Waals surface area contributed by atoms with Crippen molar-refractivity contribution >= 4 is 23.3 Å². The van der Waals surface area contributed by atoms with Crippen LogP contribution >= 0.6 is 11.6 Å². The van der Waals surface area contributed by atoms with Crippen molar-refractivity contribution in [2.45, 2.75) is 25.6 Å². The molecule has 2 aromatic rings. The average molecular weight is 357 g/mol. The summed E-state index contributed by atoms with van der Waals surface area (Å²) in [6, 6.07) is 11.2. The lowest BCUT2D eigenvalue weighted by Crippen LogP contribution is -2.32. The van der Waals surface area contributed by atoms with Crippen molar-refractivity contribution in [1.82, 2.24) is 5.32 Å². The Morgan fingerprint density at radius 1 is 1.17 bits per heavy atom. The van der Waals surface area contributed by atoms with E-state index in [1.807, 2.05) is 37.3 Å². The number of alkyl halides is 3. The van der Waals surface area contributed by atoms with Gasteiger partial charge in [-0.1, -0.05) is 48.9 Å². The summed E-state index contributed by atoms with van der Waals surface area (Å²) in [6.45, 7) is 1.90. The van der Waals surface area contributed by atoms with Crippen molar-refractivity contribution in [3.05, 3.63) is 64.7 Å². The van der Waals surface area contributed by atoms with Gasteiger partial charge in [-0.2, -0.15) is 13.2 Å². The molecule has 2 N–H and O–H groups in total. The van der Waals surface area contributed by atoms with Gasteiger partial charge in [0.2, 0.25) is 0 Å². The zero-order valence-corrected chi connectivity index (χ0v) is 13.6. The standard InChI is InChI=1S/C17H16ClF3N2O/c1-2-14(11-6-4-3-5-7-11)22-16(24)23-15-10-12(17(19,20)21)8-9-13(15)18/h3-10,14H,2H2,1H3,(H2,22,23,24). The van der Waals surface area contributed by atoms with Gasteiger partial charge in [-0.25, -0.2) is 4.79 Å². The first-order valence-corrected chi connectivity index (χ1v) is 7.68. The summed E-state index contributed by atoms with van der Waals surface area (Å²) in [5, 5.41) is 5.14. The highest BCUT2D eigenvalue weighted by molar-refractivity contribution is 6.33. The van der Waals surface area contributed by atoms with Crippen molar-refractivity contribution in [2.24, 2.45) is 0 Å². The highest BCUT2D eigenvalue weighted by Crippen LogP contribution is 2.33. The van der Waals surface area contributed by atoms with E-state index >= 15 is 0 Å². The molecule has 0 saturated heterocycles. The fraction of sp³-hybridized carbons (Fsp3) is 0.235. The highest BCUT2D eigenvalue weighted by atomic mass is 35.5. The summed E-state index contributed by atoms with van der Waals surface area (Å²) in [4.78, 5) is 12.1. The molecule has 0 saturated carbocycles. The van der Waals surface area contributed by atoms with Crippen LogP contribution in [0.3, 0.4) is 0 Å². The van der Waals surface area contributed by atoms with E-state index in [0.717, 1.165) is 23.8 Å². The van der Waals surface area contributed by atoms with Gasteiger partial charge in [0, 0.05) is 0 Å². The molecule has 2 aromatic carbocycles. The van der Waals surface area contributed by atoms with E-state index < -0.39 is 17.8 Å². The van der Waals surface area contributed by atoms with Crippen LogP contribution in [0.2, 0.25) is 5.02 Å². The maximum absolute atomic E-state index is 12.8. The van der Waals surface area contributed by atoms with Crippen LogP contribution in [0.4, 0.5) is 23.7 Å². The molecule has 0 heterocycles. The van der Waals surface area contributed by atoms with Gasteiger partial charge in [0.1, 0.15) is 0 Å². The first-order chi connectivity index (χ1) is 11.3. The maximum Gasteiger partial charge on any atom is 0.416 e. The minimum Gasteiger partial charge on any atom is -0.331 e. The normalized spacial score (nSPS) is 12.5. The second-order valence-corrected chi connectivity index (χ2v) is 5.57. The molecule has 0 aromatic heterocycles. The largest absolute Gasteiger partial charge is 0.416 e. The first kappa shape index (κ1) is 18.1. The van der Waals surface area contributed by atoms with Gasteiger partial charge in [0.05, 0.1) is 22.3 Å². The minimum atomic E-state index is -4.51. The van der Waals surface area contributed by atoms with E-state index in [-0.39, 0.29) is 16.8 Å². The zero-order chi connectivity index (χ0) is 17.7. The van der Waals surface area contributed by atoms with Gasteiger partial charge in [0.25, 0.3) is 0 Å². The SMILES string of the molecule is CCC(NC(=O)Nc1cc(C(F)(F)F)ccc1Cl)c1ccccc1. The molecule has 1 unspecified atom stereocenters. The third-order valence-corrected chi connectivity index (χ3v) is 3.79. The van der Waals surface area contributed by atoms with Crippen molar-refractivity contribution < 1.29 is 18.0 Å². The summed E-state index contributed by atoms with van der Waals surface area (Å²) >= 11 is 5.87. The van der Waals surface area contributed by atoms with Crippen molar-refractivity contribution in [2.75, 3.05) is 5.32 Å². The summed E-state index contributed by atoms with van der Waals surface area (Å²) in [6.07, 6.45) is -3.87. The topological polar surface area (TPSA) is 41.1 Å². The molecule has 0 bridgehead atoms. The van der Waals surface area contributed by atoms with E-state index in [4.69, 9.17) is 11.6 Å². The molecule has 0 spiro atoms. The fourth-order valence-electron chi connectivity index (χ4n) is 2.22. The Labute approximate surface area is 142 Å². The predicted molar refractivity (Wildman–Crippen MR) is 88.1 cm³/mol. The van der Waals surface area contributed by atoms with Crippen LogP contribution in [-0.4, -0.2) is 6.03 Å². The average Bonchev–Trinajstić information content (AvgIpc) is 2.54. The zero-order valence-electron chi connectivity index (χ0n) is 12.8. The summed E-state index contributed by atoms with van der Waals surface area (Å²) in [7, 11) is 0. The Balaban J connectivity index is 2.12. The lowest BCUT2D eigenvalue weighted by molar-refractivity contribution is -0.137. The van der Waals surface area contributed by atoms with Crippen molar-refractivity contribution in [1.29, 1.82) is 0 Å². The second kappa shape index (κ2) is 7.57. The molecule has 24 heavy (non-hydrogen) atoms. The molecule has 2 amide bonds. The number of carbonyl (C=O) groups excluding carboxylic acids is 1. The number of rotatable bonds is 4. The number of benzene rings is 2. The molecular weight excluding hydrogens is 341 g/mol. The number of hydrogen-bond acceptors (Lipinski definition) is 1. The number of anilines is 1.